The fourth-order valence-corrected chi connectivity index (χ4v) is 3.55. The second-order valence-corrected chi connectivity index (χ2v) is 7.98. The van der Waals surface area contributed by atoms with Gasteiger partial charge in [-0.25, -0.2) is 17.7 Å². The summed E-state index contributed by atoms with van der Waals surface area (Å²) in [5.74, 6) is 1.23. The zero-order valence-electron chi connectivity index (χ0n) is 14.8. The lowest BCUT2D eigenvalue weighted by atomic mass is 9.98. The van der Waals surface area contributed by atoms with E-state index in [0.29, 0.717) is 25.6 Å². The number of halogens is 1. The quantitative estimate of drug-likeness (QED) is 0.365. The minimum Gasteiger partial charge on any atom is -0.357 e. The maximum absolute atomic E-state index is 11.5. The van der Waals surface area contributed by atoms with Crippen LogP contribution in [0.2, 0.25) is 0 Å². The molecule has 7 nitrogen and oxygen atoms in total. The molecule has 0 atom stereocenters. The SMILES string of the molecule is CCNC(=NCc1ccccn1)NCC1CCN(S(C)(=O)=O)CC1.I. The van der Waals surface area contributed by atoms with E-state index in [0.717, 1.165) is 37.6 Å². The molecule has 9 heteroatoms. The number of pyridine rings is 1. The number of aromatic nitrogens is 1. The standard InChI is InChI=1S/C16H27N5O2S.HI/c1-3-17-16(20-13-15-6-4-5-9-18-15)19-12-14-7-10-21(11-8-14)24(2,22)23;/h4-6,9,14H,3,7-8,10-13H2,1-2H3,(H2,17,19,20);1H. The summed E-state index contributed by atoms with van der Waals surface area (Å²) >= 11 is 0. The molecule has 0 saturated carbocycles. The van der Waals surface area contributed by atoms with Crippen molar-refractivity contribution >= 4 is 40.0 Å². The van der Waals surface area contributed by atoms with Crippen LogP contribution < -0.4 is 10.6 Å². The fourth-order valence-electron chi connectivity index (χ4n) is 2.68. The minimum atomic E-state index is -3.06. The third-order valence-electron chi connectivity index (χ3n) is 4.07. The first kappa shape index (κ1) is 22.1. The largest absolute Gasteiger partial charge is 0.357 e. The summed E-state index contributed by atoms with van der Waals surface area (Å²) in [6.45, 7) is 5.36. The Morgan fingerprint density at radius 2 is 2.04 bits per heavy atom. The van der Waals surface area contributed by atoms with Crippen LogP contribution in [-0.4, -0.2) is 56.1 Å². The first-order valence-electron chi connectivity index (χ1n) is 8.36. The van der Waals surface area contributed by atoms with E-state index < -0.39 is 10.0 Å². The maximum atomic E-state index is 11.5. The zero-order valence-corrected chi connectivity index (χ0v) is 18.0. The lowest BCUT2D eigenvalue weighted by molar-refractivity contribution is 0.275. The normalized spacial score (nSPS) is 17.0. The van der Waals surface area contributed by atoms with Crippen LogP contribution in [0, 0.1) is 5.92 Å². The van der Waals surface area contributed by atoms with Gasteiger partial charge in [-0.15, -0.1) is 24.0 Å². The summed E-state index contributed by atoms with van der Waals surface area (Å²) < 4.78 is 24.6. The van der Waals surface area contributed by atoms with Gasteiger partial charge in [-0.2, -0.15) is 0 Å². The van der Waals surface area contributed by atoms with Gasteiger partial charge in [0.1, 0.15) is 0 Å². The molecule has 1 aliphatic rings. The van der Waals surface area contributed by atoms with Gasteiger partial charge in [0.25, 0.3) is 0 Å². The maximum Gasteiger partial charge on any atom is 0.211 e. The number of nitrogens with one attached hydrogen (secondary N) is 2. The van der Waals surface area contributed by atoms with Crippen molar-refractivity contribution in [3.63, 3.8) is 0 Å². The molecule has 2 rings (SSSR count). The number of aliphatic imine (C=N–C) groups is 1. The third kappa shape index (κ3) is 7.87. The Bertz CT molecular complexity index is 631. The second-order valence-electron chi connectivity index (χ2n) is 6.00. The first-order valence-corrected chi connectivity index (χ1v) is 10.2. The smallest absolute Gasteiger partial charge is 0.211 e. The van der Waals surface area contributed by atoms with Crippen LogP contribution in [0.1, 0.15) is 25.5 Å². The molecule has 0 bridgehead atoms. The predicted octanol–water partition coefficient (Wildman–Crippen LogP) is 1.43. The van der Waals surface area contributed by atoms with Crippen LogP contribution in [0.4, 0.5) is 0 Å². The molecule has 2 N–H and O–H groups in total. The monoisotopic (exact) mass is 481 g/mol. The van der Waals surface area contributed by atoms with Gasteiger partial charge in [0.15, 0.2) is 5.96 Å². The van der Waals surface area contributed by atoms with Gasteiger partial charge in [0.2, 0.25) is 10.0 Å². The van der Waals surface area contributed by atoms with E-state index in [4.69, 9.17) is 0 Å². The van der Waals surface area contributed by atoms with Crippen molar-refractivity contribution in [3.05, 3.63) is 30.1 Å². The Labute approximate surface area is 167 Å². The average molecular weight is 481 g/mol. The highest BCUT2D eigenvalue weighted by Crippen LogP contribution is 2.18. The highest BCUT2D eigenvalue weighted by Gasteiger charge is 2.24. The van der Waals surface area contributed by atoms with E-state index >= 15 is 0 Å². The summed E-state index contributed by atoms with van der Waals surface area (Å²) in [6.07, 6.45) is 4.79. The predicted molar refractivity (Wildman–Crippen MR) is 112 cm³/mol. The number of sulfonamides is 1. The summed E-state index contributed by atoms with van der Waals surface area (Å²) in [5.41, 5.74) is 0.927. The van der Waals surface area contributed by atoms with E-state index in [1.165, 1.54) is 6.26 Å². The number of rotatable bonds is 6. The summed E-state index contributed by atoms with van der Waals surface area (Å²) in [4.78, 5) is 8.82. The number of hydrogen-bond donors (Lipinski definition) is 2. The molecule has 142 valence electrons. The number of guanidine groups is 1. The number of piperidine rings is 1. The van der Waals surface area contributed by atoms with Crippen LogP contribution in [-0.2, 0) is 16.6 Å². The lowest BCUT2D eigenvalue weighted by Gasteiger charge is -2.30. The first-order chi connectivity index (χ1) is 11.5. The average Bonchev–Trinajstić information content (AvgIpc) is 2.58. The highest BCUT2D eigenvalue weighted by molar-refractivity contribution is 14.0. The van der Waals surface area contributed by atoms with Crippen LogP contribution in [0.25, 0.3) is 0 Å². The molecular weight excluding hydrogens is 453 g/mol. The van der Waals surface area contributed by atoms with Gasteiger partial charge < -0.3 is 10.6 Å². The number of nitrogens with zero attached hydrogens (tertiary/aromatic N) is 3. The summed E-state index contributed by atoms with van der Waals surface area (Å²) in [6, 6.07) is 5.79. The van der Waals surface area contributed by atoms with Crippen molar-refractivity contribution in [2.45, 2.75) is 26.3 Å². The van der Waals surface area contributed by atoms with E-state index in [1.807, 2.05) is 25.1 Å². The molecule has 0 amide bonds. The zero-order chi connectivity index (χ0) is 17.4. The Kier molecular flexibility index (Phi) is 9.65. The molecular formula is C16H28IN5O2S. The Balaban J connectivity index is 0.00000312. The van der Waals surface area contributed by atoms with Gasteiger partial charge in [-0.3, -0.25) is 4.98 Å². The molecule has 25 heavy (non-hydrogen) atoms. The summed E-state index contributed by atoms with van der Waals surface area (Å²) in [7, 11) is -3.06. The van der Waals surface area contributed by atoms with Crippen molar-refractivity contribution in [2.24, 2.45) is 10.9 Å². The molecule has 1 aliphatic heterocycles. The fraction of sp³-hybridized carbons (Fsp3) is 0.625. The summed E-state index contributed by atoms with van der Waals surface area (Å²) in [5, 5.41) is 6.59. The molecule has 2 heterocycles. The molecule has 1 aromatic heterocycles. The van der Waals surface area contributed by atoms with Crippen LogP contribution >= 0.6 is 24.0 Å². The molecule has 0 spiro atoms. The highest BCUT2D eigenvalue weighted by atomic mass is 127. The van der Waals surface area contributed by atoms with Crippen molar-refractivity contribution < 1.29 is 8.42 Å². The van der Waals surface area contributed by atoms with Crippen molar-refractivity contribution in [1.82, 2.24) is 19.9 Å². The van der Waals surface area contributed by atoms with Gasteiger partial charge in [0, 0.05) is 32.4 Å². The van der Waals surface area contributed by atoms with Crippen LogP contribution in [0.3, 0.4) is 0 Å². The van der Waals surface area contributed by atoms with E-state index in [9.17, 15) is 8.42 Å². The second kappa shape index (κ2) is 10.9. The van der Waals surface area contributed by atoms with Crippen molar-refractivity contribution in [2.75, 3.05) is 32.4 Å². The third-order valence-corrected chi connectivity index (χ3v) is 5.37. The molecule has 0 aromatic carbocycles. The molecule has 0 aliphatic carbocycles. The van der Waals surface area contributed by atoms with E-state index in [2.05, 4.69) is 20.6 Å². The van der Waals surface area contributed by atoms with Crippen LogP contribution in [0.15, 0.2) is 29.4 Å². The van der Waals surface area contributed by atoms with Gasteiger partial charge in [-0.05, 0) is 37.8 Å². The molecule has 1 fully saturated rings. The number of hydrogen-bond acceptors (Lipinski definition) is 4. The topological polar surface area (TPSA) is 86.7 Å². The van der Waals surface area contributed by atoms with Crippen LogP contribution in [0.5, 0.6) is 0 Å². The Hall–Kier alpha value is -0.940. The lowest BCUT2D eigenvalue weighted by Crippen LogP contribution is -2.44. The Morgan fingerprint density at radius 1 is 1.32 bits per heavy atom. The van der Waals surface area contributed by atoms with Gasteiger partial charge in [0.05, 0.1) is 18.5 Å². The van der Waals surface area contributed by atoms with Crippen molar-refractivity contribution in [3.8, 4) is 0 Å². The minimum absolute atomic E-state index is 0. The van der Waals surface area contributed by atoms with E-state index in [1.54, 1.807) is 10.5 Å². The van der Waals surface area contributed by atoms with E-state index in [-0.39, 0.29) is 24.0 Å². The molecule has 1 saturated heterocycles. The van der Waals surface area contributed by atoms with Gasteiger partial charge >= 0.3 is 0 Å². The molecule has 0 unspecified atom stereocenters. The molecule has 0 radical (unpaired) electrons. The molecule has 1 aromatic rings. The Morgan fingerprint density at radius 3 is 2.60 bits per heavy atom. The van der Waals surface area contributed by atoms with Crippen molar-refractivity contribution in [1.29, 1.82) is 0 Å². The van der Waals surface area contributed by atoms with Gasteiger partial charge in [-0.1, -0.05) is 6.07 Å².